The second-order valence-corrected chi connectivity index (χ2v) is 11.3. The summed E-state index contributed by atoms with van der Waals surface area (Å²) < 4.78 is 15.0. The molecule has 1 aliphatic rings. The van der Waals surface area contributed by atoms with Gasteiger partial charge >= 0.3 is 5.97 Å². The van der Waals surface area contributed by atoms with E-state index in [-0.39, 0.29) is 12.2 Å². The number of carbonyl (C=O) groups excluding carboxylic acids is 1. The summed E-state index contributed by atoms with van der Waals surface area (Å²) in [6.45, 7) is 4.35. The van der Waals surface area contributed by atoms with Crippen LogP contribution < -0.4 is 19.6 Å². The minimum atomic E-state index is -0.685. The van der Waals surface area contributed by atoms with Crippen LogP contribution in [0, 0.1) is 0 Å². The van der Waals surface area contributed by atoms with Gasteiger partial charge in [0, 0.05) is 34.2 Å². The van der Waals surface area contributed by atoms with Gasteiger partial charge in [0.25, 0.3) is 5.56 Å². The van der Waals surface area contributed by atoms with Gasteiger partial charge in [0.05, 0.1) is 35.6 Å². The molecule has 0 saturated carbocycles. The largest absolute Gasteiger partial charge is 0.497 e. The van der Waals surface area contributed by atoms with E-state index in [0.29, 0.717) is 37.9 Å². The lowest BCUT2D eigenvalue weighted by Crippen LogP contribution is -2.39. The van der Waals surface area contributed by atoms with Crippen LogP contribution in [-0.2, 0) is 16.1 Å². The molecule has 1 atom stereocenters. The molecule has 2 aromatic heterocycles. The van der Waals surface area contributed by atoms with Crippen LogP contribution in [0.1, 0.15) is 36.6 Å². The number of para-hydroxylation sites is 1. The Labute approximate surface area is 251 Å². The lowest BCUT2D eigenvalue weighted by atomic mass is 9.96. The van der Waals surface area contributed by atoms with Crippen molar-refractivity contribution in [3.63, 3.8) is 0 Å². The molecule has 42 heavy (non-hydrogen) atoms. The van der Waals surface area contributed by atoms with Crippen molar-refractivity contribution in [3.05, 3.63) is 132 Å². The first-order chi connectivity index (χ1) is 20.4. The number of nitrogens with zero attached hydrogens (tertiary/aromatic N) is 3. The molecule has 7 nitrogen and oxygen atoms in total. The van der Waals surface area contributed by atoms with Crippen molar-refractivity contribution in [2.75, 3.05) is 13.7 Å². The van der Waals surface area contributed by atoms with Crippen molar-refractivity contribution in [1.29, 1.82) is 0 Å². The Morgan fingerprint density at radius 1 is 1.07 bits per heavy atom. The van der Waals surface area contributed by atoms with E-state index in [1.165, 1.54) is 11.3 Å². The normalized spacial score (nSPS) is 15.0. The number of allylic oxidation sites excluding steroid dienone is 1. The van der Waals surface area contributed by atoms with E-state index in [0.717, 1.165) is 27.6 Å². The molecule has 1 aliphatic heterocycles. The van der Waals surface area contributed by atoms with Crippen molar-refractivity contribution in [3.8, 4) is 5.75 Å². The number of halogens is 1. The fraction of sp³-hybridized carbons (Fsp3) is 0.182. The van der Waals surface area contributed by atoms with Crippen LogP contribution in [0.2, 0.25) is 5.02 Å². The first-order valence-electron chi connectivity index (χ1n) is 13.5. The van der Waals surface area contributed by atoms with Gasteiger partial charge in [0.1, 0.15) is 5.75 Å². The first-order valence-corrected chi connectivity index (χ1v) is 14.7. The molecule has 0 unspecified atom stereocenters. The molecule has 0 fully saturated rings. The molecular weight excluding hydrogens is 570 g/mol. The van der Waals surface area contributed by atoms with Crippen LogP contribution in [0.15, 0.2) is 100 Å². The molecule has 0 N–H and O–H groups in total. The van der Waals surface area contributed by atoms with Gasteiger partial charge in [-0.3, -0.25) is 9.36 Å². The van der Waals surface area contributed by atoms with E-state index in [9.17, 15) is 9.59 Å². The molecule has 0 saturated heterocycles. The SMILES string of the molecule is CCOC(=O)C1=C(C)N=c2s/c(=C\c3cn(Cc4ccccc4Cl)c4ccccc34)c(=O)n2[C@H]1c1ccc(OC)cc1. The van der Waals surface area contributed by atoms with Gasteiger partial charge in [0.15, 0.2) is 4.80 Å². The number of benzene rings is 3. The summed E-state index contributed by atoms with van der Waals surface area (Å²) in [6.07, 6.45) is 3.95. The van der Waals surface area contributed by atoms with Gasteiger partial charge in [-0.15, -0.1) is 0 Å². The average Bonchev–Trinajstić information content (AvgIpc) is 3.50. The van der Waals surface area contributed by atoms with Crippen molar-refractivity contribution in [2.45, 2.75) is 26.4 Å². The van der Waals surface area contributed by atoms with Gasteiger partial charge in [-0.1, -0.05) is 71.5 Å². The summed E-state index contributed by atoms with van der Waals surface area (Å²) in [4.78, 5) is 32.5. The summed E-state index contributed by atoms with van der Waals surface area (Å²) in [6, 6.07) is 22.5. The Bertz CT molecular complexity index is 2040. The molecule has 5 aromatic rings. The molecule has 0 radical (unpaired) electrons. The number of methoxy groups -OCH3 is 1. The van der Waals surface area contributed by atoms with E-state index >= 15 is 0 Å². The molecule has 0 bridgehead atoms. The van der Waals surface area contributed by atoms with Gasteiger partial charge in [-0.05, 0) is 55.3 Å². The number of fused-ring (bicyclic) bond motifs is 2. The number of hydrogen-bond donors (Lipinski definition) is 0. The van der Waals surface area contributed by atoms with Crippen LogP contribution in [0.3, 0.4) is 0 Å². The number of hydrogen-bond acceptors (Lipinski definition) is 6. The summed E-state index contributed by atoms with van der Waals surface area (Å²) in [7, 11) is 1.59. The Kier molecular flexibility index (Phi) is 7.58. The maximum Gasteiger partial charge on any atom is 0.338 e. The number of rotatable bonds is 7. The zero-order valence-electron chi connectivity index (χ0n) is 23.3. The topological polar surface area (TPSA) is 74.8 Å². The second-order valence-electron chi connectivity index (χ2n) is 9.90. The summed E-state index contributed by atoms with van der Waals surface area (Å²) in [5.41, 5.74) is 4.36. The monoisotopic (exact) mass is 597 g/mol. The molecular formula is C33H28ClN3O4S. The fourth-order valence-corrected chi connectivity index (χ4v) is 6.60. The third-order valence-electron chi connectivity index (χ3n) is 7.35. The number of thiazole rings is 1. The van der Waals surface area contributed by atoms with Crippen molar-refractivity contribution in [2.24, 2.45) is 4.99 Å². The Hall–Kier alpha value is -4.40. The molecule has 0 spiro atoms. The standard InChI is InChI=1S/C33H28ClN3O4S/c1-4-41-32(39)29-20(2)35-33-37(30(29)21-13-15-24(40-3)16-14-21)31(38)28(42-33)17-23-19-36(27-12-8-6-10-25(23)27)18-22-9-5-7-11-26(22)34/h5-17,19,30H,4,18H2,1-3H3/b28-17-/t30-/m0/s1. The van der Waals surface area contributed by atoms with E-state index in [2.05, 4.69) is 10.6 Å². The molecule has 0 aliphatic carbocycles. The Balaban J connectivity index is 1.51. The predicted octanol–water partition coefficient (Wildman–Crippen LogP) is 5.46. The first kappa shape index (κ1) is 27.8. The van der Waals surface area contributed by atoms with Crippen LogP contribution in [0.5, 0.6) is 5.75 Å². The Morgan fingerprint density at radius 3 is 2.55 bits per heavy atom. The lowest BCUT2D eigenvalue weighted by Gasteiger charge is -2.24. The number of aromatic nitrogens is 2. The molecule has 6 rings (SSSR count). The number of ether oxygens (including phenoxy) is 2. The lowest BCUT2D eigenvalue weighted by molar-refractivity contribution is -0.139. The third-order valence-corrected chi connectivity index (χ3v) is 8.70. The highest BCUT2D eigenvalue weighted by molar-refractivity contribution is 7.07. The molecule has 212 valence electrons. The van der Waals surface area contributed by atoms with E-state index in [4.69, 9.17) is 26.1 Å². The molecule has 9 heteroatoms. The minimum absolute atomic E-state index is 0.216. The molecule has 3 aromatic carbocycles. The highest BCUT2D eigenvalue weighted by atomic mass is 35.5. The molecule has 0 amide bonds. The summed E-state index contributed by atoms with van der Waals surface area (Å²) in [5.74, 6) is 0.189. The van der Waals surface area contributed by atoms with Crippen LogP contribution in [0.25, 0.3) is 17.0 Å². The highest BCUT2D eigenvalue weighted by Crippen LogP contribution is 2.32. The zero-order valence-corrected chi connectivity index (χ0v) is 24.9. The fourth-order valence-electron chi connectivity index (χ4n) is 5.37. The van der Waals surface area contributed by atoms with E-state index < -0.39 is 12.0 Å². The number of carbonyl (C=O) groups is 1. The second kappa shape index (κ2) is 11.5. The summed E-state index contributed by atoms with van der Waals surface area (Å²) in [5, 5.41) is 1.72. The van der Waals surface area contributed by atoms with Gasteiger partial charge in [-0.25, -0.2) is 9.79 Å². The van der Waals surface area contributed by atoms with Crippen molar-refractivity contribution < 1.29 is 14.3 Å². The smallest absolute Gasteiger partial charge is 0.338 e. The number of esters is 1. The maximum absolute atomic E-state index is 14.1. The van der Waals surface area contributed by atoms with Gasteiger partial charge in [0.2, 0.25) is 0 Å². The molecule has 3 heterocycles. The van der Waals surface area contributed by atoms with Gasteiger partial charge in [-0.2, -0.15) is 0 Å². The van der Waals surface area contributed by atoms with Crippen molar-refractivity contribution in [1.82, 2.24) is 9.13 Å². The third kappa shape index (κ3) is 4.97. The predicted molar refractivity (Wildman–Crippen MR) is 166 cm³/mol. The highest BCUT2D eigenvalue weighted by Gasteiger charge is 2.33. The van der Waals surface area contributed by atoms with Crippen LogP contribution in [-0.4, -0.2) is 28.8 Å². The van der Waals surface area contributed by atoms with Crippen molar-refractivity contribution >= 4 is 45.9 Å². The Morgan fingerprint density at radius 2 is 1.81 bits per heavy atom. The zero-order chi connectivity index (χ0) is 29.4. The van der Waals surface area contributed by atoms with E-state index in [1.54, 1.807) is 25.5 Å². The quantitative estimate of drug-likeness (QED) is 0.233. The van der Waals surface area contributed by atoms with Crippen LogP contribution in [0.4, 0.5) is 0 Å². The summed E-state index contributed by atoms with van der Waals surface area (Å²) >= 11 is 7.77. The maximum atomic E-state index is 14.1. The van der Waals surface area contributed by atoms with Gasteiger partial charge < -0.3 is 14.0 Å². The van der Waals surface area contributed by atoms with E-state index in [1.807, 2.05) is 79.0 Å². The minimum Gasteiger partial charge on any atom is -0.497 e. The average molecular weight is 598 g/mol. The van der Waals surface area contributed by atoms with Crippen LogP contribution >= 0.6 is 22.9 Å².